The molecular formula is C38H38. The largest absolute Gasteiger partial charge is 0.0622 e. The van der Waals surface area contributed by atoms with Crippen LogP contribution in [-0.4, -0.2) is 0 Å². The lowest BCUT2D eigenvalue weighted by Gasteiger charge is -2.31. The van der Waals surface area contributed by atoms with Gasteiger partial charge in [0.2, 0.25) is 0 Å². The maximum atomic E-state index is 2.42. The third-order valence-electron chi connectivity index (χ3n) is 8.35. The van der Waals surface area contributed by atoms with Crippen molar-refractivity contribution in [3.05, 3.63) is 178 Å². The summed E-state index contributed by atoms with van der Waals surface area (Å²) >= 11 is 0. The van der Waals surface area contributed by atoms with E-state index in [1.807, 2.05) is 0 Å². The molecule has 0 fully saturated rings. The highest BCUT2D eigenvalue weighted by molar-refractivity contribution is 5.56. The Morgan fingerprint density at radius 3 is 0.789 bits per heavy atom. The summed E-state index contributed by atoms with van der Waals surface area (Å²) in [5.74, 6) is 1.11. The fourth-order valence-corrected chi connectivity index (χ4v) is 6.05. The second-order valence-corrected chi connectivity index (χ2v) is 10.6. The predicted molar refractivity (Wildman–Crippen MR) is 162 cm³/mol. The number of benzene rings is 5. The molecule has 0 amide bonds. The van der Waals surface area contributed by atoms with E-state index in [-0.39, 0.29) is 11.8 Å². The summed E-state index contributed by atoms with van der Waals surface area (Å²) in [5, 5.41) is 0. The summed E-state index contributed by atoms with van der Waals surface area (Å²) in [7, 11) is 0. The van der Waals surface area contributed by atoms with Crippen molar-refractivity contribution in [2.45, 2.75) is 51.4 Å². The Morgan fingerprint density at radius 2 is 0.526 bits per heavy atom. The van der Waals surface area contributed by atoms with Crippen LogP contribution in [0.5, 0.6) is 0 Å². The lowest BCUT2D eigenvalue weighted by Crippen LogP contribution is -2.15. The summed E-state index contributed by atoms with van der Waals surface area (Å²) in [4.78, 5) is 0. The van der Waals surface area contributed by atoms with E-state index < -0.39 is 0 Å². The van der Waals surface area contributed by atoms with E-state index in [1.165, 1.54) is 44.5 Å². The number of hydrogen-bond acceptors (Lipinski definition) is 0. The molecule has 0 aromatic heterocycles. The van der Waals surface area contributed by atoms with E-state index in [0.29, 0.717) is 11.8 Å². The molecule has 0 heterocycles. The Balaban J connectivity index is 1.80. The molecule has 4 atom stereocenters. The number of hydrogen-bond donors (Lipinski definition) is 0. The fourth-order valence-electron chi connectivity index (χ4n) is 6.05. The highest BCUT2D eigenvalue weighted by Crippen LogP contribution is 2.44. The highest BCUT2D eigenvalue weighted by Gasteiger charge is 2.28. The van der Waals surface area contributed by atoms with Gasteiger partial charge in [-0.25, -0.2) is 0 Å². The first-order valence-electron chi connectivity index (χ1n) is 13.9. The highest BCUT2D eigenvalue weighted by atomic mass is 14.3. The molecule has 0 aliphatic heterocycles. The van der Waals surface area contributed by atoms with Crippen LogP contribution in [0.2, 0.25) is 0 Å². The molecule has 190 valence electrons. The van der Waals surface area contributed by atoms with Crippen molar-refractivity contribution in [2.24, 2.45) is 0 Å². The van der Waals surface area contributed by atoms with Crippen molar-refractivity contribution in [1.29, 1.82) is 0 Å². The lowest BCUT2D eigenvalue weighted by molar-refractivity contribution is 0.770. The molecule has 0 heteroatoms. The van der Waals surface area contributed by atoms with E-state index in [0.717, 1.165) is 0 Å². The fraction of sp³-hybridized carbons (Fsp3) is 0.211. The van der Waals surface area contributed by atoms with Gasteiger partial charge >= 0.3 is 0 Å². The molecule has 5 rings (SSSR count). The summed E-state index contributed by atoms with van der Waals surface area (Å²) in [6, 6.07) is 48.8. The molecule has 0 bridgehead atoms. The molecule has 0 aliphatic carbocycles. The second kappa shape index (κ2) is 11.7. The van der Waals surface area contributed by atoms with Crippen LogP contribution in [0.4, 0.5) is 0 Å². The molecule has 5 aromatic rings. The van der Waals surface area contributed by atoms with Crippen LogP contribution in [0.15, 0.2) is 133 Å². The first-order valence-corrected chi connectivity index (χ1v) is 13.9. The van der Waals surface area contributed by atoms with Crippen molar-refractivity contribution in [2.75, 3.05) is 0 Å². The Labute approximate surface area is 229 Å². The summed E-state index contributed by atoms with van der Waals surface area (Å²) < 4.78 is 0. The van der Waals surface area contributed by atoms with Crippen LogP contribution < -0.4 is 0 Å². The minimum Gasteiger partial charge on any atom is -0.0622 e. The topological polar surface area (TPSA) is 0 Å². The van der Waals surface area contributed by atoms with Crippen molar-refractivity contribution in [3.8, 4) is 0 Å². The van der Waals surface area contributed by atoms with Crippen molar-refractivity contribution < 1.29 is 0 Å². The van der Waals surface area contributed by atoms with Crippen LogP contribution in [-0.2, 0) is 0 Å². The zero-order valence-electron chi connectivity index (χ0n) is 23.0. The SMILES string of the molecule is CC(c1ccccc1)c1ccc(C(C)c2ccccc2)c(C(C)c2ccccc2)c1C(C)c1ccccc1. The van der Waals surface area contributed by atoms with Gasteiger partial charge in [-0.1, -0.05) is 161 Å². The molecule has 5 aromatic carbocycles. The van der Waals surface area contributed by atoms with Crippen LogP contribution in [0.3, 0.4) is 0 Å². The van der Waals surface area contributed by atoms with Gasteiger partial charge in [0.1, 0.15) is 0 Å². The van der Waals surface area contributed by atoms with Crippen LogP contribution in [0, 0.1) is 0 Å². The van der Waals surface area contributed by atoms with Gasteiger partial charge < -0.3 is 0 Å². The molecule has 0 aliphatic rings. The Morgan fingerprint density at radius 1 is 0.289 bits per heavy atom. The molecule has 0 spiro atoms. The molecule has 0 N–H and O–H groups in total. The van der Waals surface area contributed by atoms with Gasteiger partial charge in [-0.15, -0.1) is 0 Å². The van der Waals surface area contributed by atoms with E-state index in [4.69, 9.17) is 0 Å². The van der Waals surface area contributed by atoms with E-state index in [2.05, 4.69) is 161 Å². The molecule has 0 nitrogen and oxygen atoms in total. The van der Waals surface area contributed by atoms with Crippen LogP contribution >= 0.6 is 0 Å². The zero-order valence-corrected chi connectivity index (χ0v) is 23.0. The number of rotatable bonds is 8. The third kappa shape index (κ3) is 5.22. The predicted octanol–water partition coefficient (Wildman–Crippen LogP) is 10.3. The maximum Gasteiger partial charge on any atom is 0.00670 e. The normalized spacial score (nSPS) is 14.4. The van der Waals surface area contributed by atoms with Gasteiger partial charge in [-0.05, 0) is 44.5 Å². The Kier molecular flexibility index (Phi) is 7.89. The van der Waals surface area contributed by atoms with E-state index in [9.17, 15) is 0 Å². The average Bonchev–Trinajstić information content (AvgIpc) is 3.00. The van der Waals surface area contributed by atoms with Gasteiger partial charge in [-0.3, -0.25) is 0 Å². The van der Waals surface area contributed by atoms with E-state index in [1.54, 1.807) is 0 Å². The quantitative estimate of drug-likeness (QED) is 0.201. The first-order chi connectivity index (χ1) is 18.6. The second-order valence-electron chi connectivity index (χ2n) is 10.6. The van der Waals surface area contributed by atoms with Gasteiger partial charge in [-0.2, -0.15) is 0 Å². The summed E-state index contributed by atoms with van der Waals surface area (Å²) in [5.41, 5.74) is 11.2. The first kappa shape index (κ1) is 25.7. The standard InChI is InChI=1S/C38H38/c1-27(31-17-9-5-10-18-31)35-25-26-36(28(2)32-19-11-6-12-20-32)38(30(4)34-23-15-8-16-24-34)37(35)29(3)33-21-13-7-14-22-33/h5-30H,1-4H3. The summed E-state index contributed by atoms with van der Waals surface area (Å²) in [6.07, 6.45) is 0. The van der Waals surface area contributed by atoms with Crippen molar-refractivity contribution in [1.82, 2.24) is 0 Å². The molecule has 38 heavy (non-hydrogen) atoms. The Bertz CT molecular complexity index is 1320. The van der Waals surface area contributed by atoms with E-state index >= 15 is 0 Å². The maximum absolute atomic E-state index is 2.42. The lowest BCUT2D eigenvalue weighted by atomic mass is 9.72. The van der Waals surface area contributed by atoms with Gasteiger partial charge in [0.25, 0.3) is 0 Å². The zero-order chi connectivity index (χ0) is 26.5. The molecule has 0 radical (unpaired) electrons. The van der Waals surface area contributed by atoms with Crippen LogP contribution in [0.25, 0.3) is 0 Å². The Hall–Kier alpha value is -3.90. The average molecular weight is 495 g/mol. The minimum atomic E-state index is 0.265. The van der Waals surface area contributed by atoms with Crippen LogP contribution in [0.1, 0.15) is 95.9 Å². The van der Waals surface area contributed by atoms with Crippen molar-refractivity contribution >= 4 is 0 Å². The molecule has 0 saturated heterocycles. The molecule has 0 saturated carbocycles. The van der Waals surface area contributed by atoms with Crippen molar-refractivity contribution in [3.63, 3.8) is 0 Å². The molecule has 4 unspecified atom stereocenters. The summed E-state index contributed by atoms with van der Waals surface area (Å²) in [6.45, 7) is 9.51. The monoisotopic (exact) mass is 494 g/mol. The smallest absolute Gasteiger partial charge is 0.00670 e. The van der Waals surface area contributed by atoms with Gasteiger partial charge in [0, 0.05) is 23.7 Å². The minimum absolute atomic E-state index is 0.265. The third-order valence-corrected chi connectivity index (χ3v) is 8.35. The van der Waals surface area contributed by atoms with Gasteiger partial charge in [0.05, 0.1) is 0 Å². The van der Waals surface area contributed by atoms with Gasteiger partial charge in [0.15, 0.2) is 0 Å². The molecular weight excluding hydrogens is 456 g/mol.